The predicted molar refractivity (Wildman–Crippen MR) is 125 cm³/mol. The molecule has 0 saturated carbocycles. The summed E-state index contributed by atoms with van der Waals surface area (Å²) in [6, 6.07) is 22.2. The van der Waals surface area contributed by atoms with Crippen LogP contribution in [0, 0.1) is 0 Å². The molecule has 4 rings (SSSR count). The van der Waals surface area contributed by atoms with E-state index >= 15 is 0 Å². The summed E-state index contributed by atoms with van der Waals surface area (Å²) in [4.78, 5) is 8.34. The molecule has 0 spiro atoms. The van der Waals surface area contributed by atoms with Gasteiger partial charge in [0.2, 0.25) is 0 Å². The molecule has 0 amide bonds. The summed E-state index contributed by atoms with van der Waals surface area (Å²) >= 11 is 6.10. The van der Waals surface area contributed by atoms with Gasteiger partial charge in [0, 0.05) is 0 Å². The molecule has 0 aliphatic heterocycles. The summed E-state index contributed by atoms with van der Waals surface area (Å²) < 4.78 is 39.3. The van der Waals surface area contributed by atoms with E-state index in [9.17, 15) is 13.2 Å². The molecule has 0 radical (unpaired) electrons. The third-order valence-electron chi connectivity index (χ3n) is 4.98. The molecule has 3 aromatic carbocycles. The summed E-state index contributed by atoms with van der Waals surface area (Å²) in [5.74, 6) is 0.460. The first-order valence-electron chi connectivity index (χ1n) is 9.93. The standard InChI is InChI=1S/C24H19ClF3N5/c25-18-12-11-17(24(26,27)28)13-19(18)32-22-20(29)23(31-14-30-22)33-21(15-7-3-1-4-8-15)16-9-5-2-6-10-16/h1-14,21H,29H2,(H2,30,31,32,33). The Morgan fingerprint density at radius 2 is 1.39 bits per heavy atom. The quantitative estimate of drug-likeness (QED) is 0.294. The van der Waals surface area contributed by atoms with Crippen molar-refractivity contribution >= 4 is 34.6 Å². The van der Waals surface area contributed by atoms with E-state index in [1.807, 2.05) is 60.7 Å². The molecule has 4 aromatic rings. The van der Waals surface area contributed by atoms with E-state index < -0.39 is 11.7 Å². The Balaban J connectivity index is 1.67. The van der Waals surface area contributed by atoms with Crippen LogP contribution in [0.25, 0.3) is 0 Å². The first-order valence-corrected chi connectivity index (χ1v) is 10.3. The predicted octanol–water partition coefficient (Wildman–Crippen LogP) is 6.68. The van der Waals surface area contributed by atoms with E-state index in [0.29, 0.717) is 5.82 Å². The minimum Gasteiger partial charge on any atom is -0.393 e. The minimum atomic E-state index is -4.51. The van der Waals surface area contributed by atoms with E-state index in [2.05, 4.69) is 20.6 Å². The van der Waals surface area contributed by atoms with Crippen molar-refractivity contribution < 1.29 is 13.2 Å². The zero-order chi connectivity index (χ0) is 23.4. The second kappa shape index (κ2) is 9.38. The number of aromatic nitrogens is 2. The zero-order valence-electron chi connectivity index (χ0n) is 17.1. The molecule has 9 heteroatoms. The molecule has 0 aliphatic carbocycles. The van der Waals surface area contributed by atoms with Crippen LogP contribution < -0.4 is 16.4 Å². The molecule has 5 nitrogen and oxygen atoms in total. The van der Waals surface area contributed by atoms with Gasteiger partial charge in [-0.15, -0.1) is 0 Å². The number of benzene rings is 3. The average molecular weight is 470 g/mol. The van der Waals surface area contributed by atoms with Gasteiger partial charge in [0.25, 0.3) is 0 Å². The van der Waals surface area contributed by atoms with Crippen LogP contribution in [0.2, 0.25) is 5.02 Å². The van der Waals surface area contributed by atoms with Gasteiger partial charge in [-0.25, -0.2) is 9.97 Å². The van der Waals surface area contributed by atoms with Gasteiger partial charge in [-0.05, 0) is 29.3 Å². The largest absolute Gasteiger partial charge is 0.416 e. The average Bonchev–Trinajstić information content (AvgIpc) is 2.81. The van der Waals surface area contributed by atoms with Gasteiger partial charge in [-0.2, -0.15) is 13.2 Å². The van der Waals surface area contributed by atoms with E-state index in [-0.39, 0.29) is 28.3 Å². The normalized spacial score (nSPS) is 11.4. The highest BCUT2D eigenvalue weighted by Gasteiger charge is 2.31. The Kier molecular flexibility index (Phi) is 6.37. The SMILES string of the molecule is Nc1c(Nc2cc(C(F)(F)F)ccc2Cl)ncnc1NC(c1ccccc1)c1ccccc1. The Hall–Kier alpha value is -3.78. The van der Waals surface area contributed by atoms with Gasteiger partial charge in [-0.3, -0.25) is 0 Å². The summed E-state index contributed by atoms with van der Waals surface area (Å²) in [5.41, 5.74) is 7.60. The number of hydrogen-bond donors (Lipinski definition) is 3. The van der Waals surface area contributed by atoms with Crippen molar-refractivity contribution in [3.8, 4) is 0 Å². The van der Waals surface area contributed by atoms with Crippen LogP contribution in [-0.2, 0) is 6.18 Å². The maximum atomic E-state index is 13.1. The van der Waals surface area contributed by atoms with E-state index in [4.69, 9.17) is 17.3 Å². The van der Waals surface area contributed by atoms with Crippen LogP contribution in [0.3, 0.4) is 0 Å². The maximum Gasteiger partial charge on any atom is 0.416 e. The van der Waals surface area contributed by atoms with Crippen LogP contribution in [-0.4, -0.2) is 9.97 Å². The number of alkyl halides is 3. The number of halogens is 4. The van der Waals surface area contributed by atoms with Gasteiger partial charge in [0.1, 0.15) is 12.0 Å². The lowest BCUT2D eigenvalue weighted by atomic mass is 9.99. The molecule has 1 heterocycles. The molecule has 0 bridgehead atoms. The number of nitrogens with zero attached hydrogens (tertiary/aromatic N) is 2. The monoisotopic (exact) mass is 469 g/mol. The molecular weight excluding hydrogens is 451 g/mol. The van der Waals surface area contributed by atoms with E-state index in [1.54, 1.807) is 0 Å². The van der Waals surface area contributed by atoms with Crippen LogP contribution in [0.4, 0.5) is 36.2 Å². The Bertz CT molecular complexity index is 1190. The van der Waals surface area contributed by atoms with E-state index in [0.717, 1.165) is 23.3 Å². The van der Waals surface area contributed by atoms with Gasteiger partial charge < -0.3 is 16.4 Å². The molecule has 1 aromatic heterocycles. The summed E-state index contributed by atoms with van der Waals surface area (Å²) in [6.07, 6.45) is -3.24. The third kappa shape index (κ3) is 5.18. The lowest BCUT2D eigenvalue weighted by Crippen LogP contribution is -2.15. The fourth-order valence-corrected chi connectivity index (χ4v) is 3.49. The zero-order valence-corrected chi connectivity index (χ0v) is 17.9. The Morgan fingerprint density at radius 1 is 0.818 bits per heavy atom. The number of nitrogens with two attached hydrogens (primary N) is 1. The highest BCUT2D eigenvalue weighted by atomic mass is 35.5. The Morgan fingerprint density at radius 3 is 1.97 bits per heavy atom. The lowest BCUT2D eigenvalue weighted by Gasteiger charge is -2.22. The number of nitrogen functional groups attached to an aromatic ring is 1. The summed E-state index contributed by atoms with van der Waals surface area (Å²) in [5, 5.41) is 6.22. The van der Waals surface area contributed by atoms with Crippen molar-refractivity contribution in [2.45, 2.75) is 12.2 Å². The van der Waals surface area contributed by atoms with Gasteiger partial charge in [-0.1, -0.05) is 72.3 Å². The smallest absolute Gasteiger partial charge is 0.393 e. The Labute approximate surface area is 193 Å². The van der Waals surface area contributed by atoms with Crippen molar-refractivity contribution in [2.75, 3.05) is 16.4 Å². The number of hydrogen-bond acceptors (Lipinski definition) is 5. The minimum absolute atomic E-state index is 0.0329. The molecule has 0 atom stereocenters. The second-order valence-electron chi connectivity index (χ2n) is 7.20. The van der Waals surface area contributed by atoms with Gasteiger partial charge >= 0.3 is 6.18 Å². The maximum absolute atomic E-state index is 13.1. The van der Waals surface area contributed by atoms with Crippen molar-refractivity contribution in [2.24, 2.45) is 0 Å². The summed E-state index contributed by atoms with van der Waals surface area (Å²) in [6.45, 7) is 0. The van der Waals surface area contributed by atoms with Gasteiger partial charge in [0.15, 0.2) is 11.6 Å². The first kappa shape index (κ1) is 22.4. The highest BCUT2D eigenvalue weighted by Crippen LogP contribution is 2.37. The molecule has 0 aliphatic rings. The van der Waals surface area contributed by atoms with Crippen molar-refractivity contribution in [3.05, 3.63) is 107 Å². The number of anilines is 4. The number of rotatable bonds is 6. The fourth-order valence-electron chi connectivity index (χ4n) is 3.32. The van der Waals surface area contributed by atoms with Crippen molar-refractivity contribution in [3.63, 3.8) is 0 Å². The molecular formula is C24H19ClF3N5. The van der Waals surface area contributed by atoms with Gasteiger partial charge in [0.05, 0.1) is 22.3 Å². The van der Waals surface area contributed by atoms with Crippen LogP contribution >= 0.6 is 11.6 Å². The number of nitrogens with one attached hydrogen (secondary N) is 2. The molecule has 0 fully saturated rings. The third-order valence-corrected chi connectivity index (χ3v) is 5.31. The molecule has 33 heavy (non-hydrogen) atoms. The lowest BCUT2D eigenvalue weighted by molar-refractivity contribution is -0.137. The van der Waals surface area contributed by atoms with Crippen LogP contribution in [0.5, 0.6) is 0 Å². The van der Waals surface area contributed by atoms with Crippen LogP contribution in [0.15, 0.2) is 85.2 Å². The summed E-state index contributed by atoms with van der Waals surface area (Å²) in [7, 11) is 0. The second-order valence-corrected chi connectivity index (χ2v) is 7.61. The molecule has 0 unspecified atom stereocenters. The molecule has 0 saturated heterocycles. The first-order chi connectivity index (χ1) is 15.8. The van der Waals surface area contributed by atoms with E-state index in [1.165, 1.54) is 12.4 Å². The fraction of sp³-hybridized carbons (Fsp3) is 0.0833. The molecule has 4 N–H and O–H groups in total. The topological polar surface area (TPSA) is 75.9 Å². The van der Waals surface area contributed by atoms with Crippen molar-refractivity contribution in [1.82, 2.24) is 9.97 Å². The highest BCUT2D eigenvalue weighted by molar-refractivity contribution is 6.33. The van der Waals surface area contributed by atoms with Crippen LogP contribution in [0.1, 0.15) is 22.7 Å². The molecule has 168 valence electrons. The van der Waals surface area contributed by atoms with Crippen molar-refractivity contribution in [1.29, 1.82) is 0 Å².